The summed E-state index contributed by atoms with van der Waals surface area (Å²) >= 11 is 0. The molecule has 0 bridgehead atoms. The van der Waals surface area contributed by atoms with Crippen molar-refractivity contribution in [3.05, 3.63) is 22.5 Å². The van der Waals surface area contributed by atoms with Crippen LogP contribution in [0.15, 0.2) is 0 Å². The molecule has 19 heavy (non-hydrogen) atoms. The van der Waals surface area contributed by atoms with Gasteiger partial charge in [0.05, 0.1) is 0 Å². The number of hydrogen-bond acceptors (Lipinski definition) is 3. The monoisotopic (exact) mass is 263 g/mol. The van der Waals surface area contributed by atoms with Gasteiger partial charge in [0, 0.05) is 30.4 Å². The molecule has 1 aliphatic heterocycles. The van der Waals surface area contributed by atoms with E-state index in [9.17, 15) is 9.59 Å². The van der Waals surface area contributed by atoms with Crippen molar-refractivity contribution >= 4 is 11.7 Å². The van der Waals surface area contributed by atoms with Gasteiger partial charge in [-0.1, -0.05) is 6.92 Å². The number of Topliss-reactive ketones (excluding diaryl/α,β-unsaturated/α-hetero) is 1. The van der Waals surface area contributed by atoms with Gasteiger partial charge in [0.2, 0.25) is 0 Å². The number of ketones is 1. The van der Waals surface area contributed by atoms with Gasteiger partial charge in [0.25, 0.3) is 5.91 Å². The molecule has 0 saturated carbocycles. The molecule has 3 N–H and O–H groups in total. The van der Waals surface area contributed by atoms with E-state index in [4.69, 9.17) is 5.73 Å². The number of likely N-dealkylation sites (tertiary alicyclic amines) is 1. The molecule has 1 aliphatic rings. The Bertz CT molecular complexity index is 519. The Morgan fingerprint density at radius 2 is 2.16 bits per heavy atom. The van der Waals surface area contributed by atoms with Crippen LogP contribution in [-0.2, 0) is 6.42 Å². The van der Waals surface area contributed by atoms with Gasteiger partial charge in [-0.15, -0.1) is 0 Å². The van der Waals surface area contributed by atoms with Crippen LogP contribution in [0.5, 0.6) is 0 Å². The first-order chi connectivity index (χ1) is 8.95. The van der Waals surface area contributed by atoms with Crippen LogP contribution in [0.2, 0.25) is 0 Å². The van der Waals surface area contributed by atoms with Crippen molar-refractivity contribution in [3.63, 3.8) is 0 Å². The molecular weight excluding hydrogens is 242 g/mol. The summed E-state index contributed by atoms with van der Waals surface area (Å²) in [4.78, 5) is 29.0. The van der Waals surface area contributed by atoms with E-state index >= 15 is 0 Å². The second-order valence-electron chi connectivity index (χ2n) is 5.19. The molecule has 1 amide bonds. The zero-order valence-electron chi connectivity index (χ0n) is 11.7. The first kappa shape index (κ1) is 13.8. The summed E-state index contributed by atoms with van der Waals surface area (Å²) in [7, 11) is 0. The number of nitrogens with two attached hydrogens (primary N) is 1. The van der Waals surface area contributed by atoms with Gasteiger partial charge in [-0.3, -0.25) is 9.59 Å². The summed E-state index contributed by atoms with van der Waals surface area (Å²) in [6.45, 7) is 6.62. The standard InChI is InChI=1S/C14H21N3O2/c1-4-11-12(9(3)18)8(2)16-13(11)14(19)17-6-5-10(15)7-17/h10,16H,4-7,15H2,1-3H3/t10-/m0/s1. The van der Waals surface area contributed by atoms with E-state index in [1.54, 1.807) is 4.90 Å². The fourth-order valence-electron chi connectivity index (χ4n) is 2.82. The molecule has 0 spiro atoms. The Hall–Kier alpha value is -1.62. The Labute approximate surface area is 113 Å². The molecule has 104 valence electrons. The van der Waals surface area contributed by atoms with Crippen LogP contribution in [0.1, 0.15) is 52.4 Å². The second-order valence-corrected chi connectivity index (χ2v) is 5.19. The predicted octanol–water partition coefficient (Wildman–Crippen LogP) is 1.26. The van der Waals surface area contributed by atoms with Crippen LogP contribution in [0.4, 0.5) is 0 Å². The summed E-state index contributed by atoms with van der Waals surface area (Å²) < 4.78 is 0. The van der Waals surface area contributed by atoms with E-state index in [-0.39, 0.29) is 17.7 Å². The van der Waals surface area contributed by atoms with Crippen LogP contribution in [0.3, 0.4) is 0 Å². The number of carbonyl (C=O) groups is 2. The molecule has 2 rings (SSSR count). The lowest BCUT2D eigenvalue weighted by atomic mass is 10.0. The number of aromatic nitrogens is 1. The molecular formula is C14H21N3O2. The highest BCUT2D eigenvalue weighted by Crippen LogP contribution is 2.23. The predicted molar refractivity (Wildman–Crippen MR) is 73.4 cm³/mol. The summed E-state index contributed by atoms with van der Waals surface area (Å²) in [5, 5.41) is 0. The third-order valence-electron chi connectivity index (χ3n) is 3.72. The molecule has 0 unspecified atom stereocenters. The Morgan fingerprint density at radius 1 is 1.47 bits per heavy atom. The minimum absolute atomic E-state index is 0.00257. The maximum atomic E-state index is 12.5. The smallest absolute Gasteiger partial charge is 0.270 e. The molecule has 1 saturated heterocycles. The first-order valence-electron chi connectivity index (χ1n) is 6.72. The zero-order valence-corrected chi connectivity index (χ0v) is 11.7. The first-order valence-corrected chi connectivity index (χ1v) is 6.72. The second kappa shape index (κ2) is 5.17. The summed E-state index contributed by atoms with van der Waals surface area (Å²) in [5.74, 6) is -0.0387. The maximum absolute atomic E-state index is 12.5. The molecule has 1 fully saturated rings. The number of hydrogen-bond donors (Lipinski definition) is 2. The largest absolute Gasteiger partial charge is 0.354 e. The normalized spacial score (nSPS) is 18.9. The number of nitrogens with zero attached hydrogens (tertiary/aromatic N) is 1. The minimum Gasteiger partial charge on any atom is -0.354 e. The number of aryl methyl sites for hydroxylation is 1. The highest BCUT2D eigenvalue weighted by atomic mass is 16.2. The Balaban J connectivity index is 2.37. The van der Waals surface area contributed by atoms with Crippen molar-refractivity contribution in [2.75, 3.05) is 13.1 Å². The van der Waals surface area contributed by atoms with E-state index in [1.165, 1.54) is 6.92 Å². The van der Waals surface area contributed by atoms with Crippen LogP contribution < -0.4 is 5.73 Å². The average molecular weight is 263 g/mol. The summed E-state index contributed by atoms with van der Waals surface area (Å²) in [6.07, 6.45) is 1.51. The van der Waals surface area contributed by atoms with Crippen molar-refractivity contribution < 1.29 is 9.59 Å². The topological polar surface area (TPSA) is 79.2 Å². The van der Waals surface area contributed by atoms with Gasteiger partial charge in [-0.2, -0.15) is 0 Å². The quantitative estimate of drug-likeness (QED) is 0.806. The number of H-pyrrole nitrogens is 1. The van der Waals surface area contributed by atoms with E-state index in [0.29, 0.717) is 30.8 Å². The lowest BCUT2D eigenvalue weighted by Crippen LogP contribution is -2.32. The van der Waals surface area contributed by atoms with Crippen LogP contribution in [0, 0.1) is 6.92 Å². The van der Waals surface area contributed by atoms with Gasteiger partial charge in [0.1, 0.15) is 5.69 Å². The molecule has 1 atom stereocenters. The molecule has 5 nitrogen and oxygen atoms in total. The van der Waals surface area contributed by atoms with Crippen molar-refractivity contribution in [1.29, 1.82) is 0 Å². The number of nitrogens with one attached hydrogen (secondary N) is 1. The van der Waals surface area contributed by atoms with Crippen LogP contribution in [0.25, 0.3) is 0 Å². The van der Waals surface area contributed by atoms with Crippen molar-refractivity contribution in [1.82, 2.24) is 9.88 Å². The van der Waals surface area contributed by atoms with Crippen molar-refractivity contribution in [2.45, 2.75) is 39.7 Å². The third-order valence-corrected chi connectivity index (χ3v) is 3.72. The number of aromatic amines is 1. The zero-order chi connectivity index (χ0) is 14.2. The van der Waals surface area contributed by atoms with Crippen molar-refractivity contribution in [2.24, 2.45) is 5.73 Å². The van der Waals surface area contributed by atoms with Gasteiger partial charge >= 0.3 is 0 Å². The van der Waals surface area contributed by atoms with Gasteiger partial charge in [-0.25, -0.2) is 0 Å². The molecule has 1 aromatic rings. The lowest BCUT2D eigenvalue weighted by Gasteiger charge is -2.15. The molecule has 0 aromatic carbocycles. The minimum atomic E-state index is -0.0413. The maximum Gasteiger partial charge on any atom is 0.270 e. The lowest BCUT2D eigenvalue weighted by molar-refractivity contribution is 0.0784. The Morgan fingerprint density at radius 3 is 2.63 bits per heavy atom. The fraction of sp³-hybridized carbons (Fsp3) is 0.571. The summed E-state index contributed by atoms with van der Waals surface area (Å²) in [6, 6.07) is 0.0670. The van der Waals surface area contributed by atoms with Crippen molar-refractivity contribution in [3.8, 4) is 0 Å². The van der Waals surface area contributed by atoms with Gasteiger partial charge < -0.3 is 15.6 Å². The number of carbonyl (C=O) groups excluding carboxylic acids is 2. The number of rotatable bonds is 3. The van der Waals surface area contributed by atoms with Gasteiger partial charge in [0.15, 0.2) is 5.78 Å². The van der Waals surface area contributed by atoms with Crippen LogP contribution >= 0.6 is 0 Å². The number of amides is 1. The third kappa shape index (κ3) is 2.42. The SMILES string of the molecule is CCc1c(C(=O)N2CC[C@H](N)C2)[nH]c(C)c1C(C)=O. The molecule has 1 aromatic heterocycles. The van der Waals surface area contributed by atoms with E-state index in [1.807, 2.05) is 13.8 Å². The Kier molecular flexibility index (Phi) is 3.75. The molecule has 5 heteroatoms. The highest BCUT2D eigenvalue weighted by molar-refractivity contribution is 6.02. The summed E-state index contributed by atoms with van der Waals surface area (Å²) in [5.41, 5.74) is 8.66. The van der Waals surface area contributed by atoms with E-state index in [2.05, 4.69) is 4.98 Å². The van der Waals surface area contributed by atoms with Gasteiger partial charge in [-0.05, 0) is 32.3 Å². The molecule has 2 heterocycles. The fourth-order valence-corrected chi connectivity index (χ4v) is 2.82. The van der Waals surface area contributed by atoms with E-state index < -0.39 is 0 Å². The molecule has 0 aliphatic carbocycles. The van der Waals surface area contributed by atoms with Crippen LogP contribution in [-0.4, -0.2) is 40.7 Å². The average Bonchev–Trinajstić information content (AvgIpc) is 2.91. The molecule has 0 radical (unpaired) electrons. The van der Waals surface area contributed by atoms with E-state index in [0.717, 1.165) is 17.7 Å². The highest BCUT2D eigenvalue weighted by Gasteiger charge is 2.29.